The number of nitrogens with one attached hydrogen (secondary N) is 1. The standard InChI is InChI=1S/C17H23N3OS.ClH/c1-9(2)15(18)16(21)20-17-19-14(8-22-17)13-7-11(4)10(3)6-12(13)5;/h6-9,15H,18H2,1-5H3,(H,19,20,21);1H. The summed E-state index contributed by atoms with van der Waals surface area (Å²) in [6, 6.07) is 3.79. The van der Waals surface area contributed by atoms with E-state index in [-0.39, 0.29) is 24.2 Å². The molecule has 0 saturated heterocycles. The van der Waals surface area contributed by atoms with Gasteiger partial charge in [-0.05, 0) is 49.4 Å². The zero-order valence-electron chi connectivity index (χ0n) is 14.1. The van der Waals surface area contributed by atoms with Gasteiger partial charge < -0.3 is 11.1 Å². The van der Waals surface area contributed by atoms with Gasteiger partial charge in [0, 0.05) is 10.9 Å². The Bertz CT molecular complexity index is 697. The molecule has 1 heterocycles. The van der Waals surface area contributed by atoms with Crippen molar-refractivity contribution in [2.24, 2.45) is 11.7 Å². The molecule has 1 amide bonds. The van der Waals surface area contributed by atoms with Gasteiger partial charge in [-0.3, -0.25) is 4.79 Å². The fraction of sp³-hybridized carbons (Fsp3) is 0.412. The SMILES string of the molecule is Cc1cc(C)c(-c2csc(NC(=O)C(N)C(C)C)n2)cc1C.Cl. The van der Waals surface area contributed by atoms with Gasteiger partial charge in [-0.1, -0.05) is 19.9 Å². The number of carbonyl (C=O) groups excluding carboxylic acids is 1. The third kappa shape index (κ3) is 4.53. The topological polar surface area (TPSA) is 68.0 Å². The average Bonchev–Trinajstić information content (AvgIpc) is 2.90. The Morgan fingerprint density at radius 2 is 1.78 bits per heavy atom. The van der Waals surface area contributed by atoms with Gasteiger partial charge in [-0.2, -0.15) is 0 Å². The number of thiazole rings is 1. The quantitative estimate of drug-likeness (QED) is 0.870. The first-order valence-corrected chi connectivity index (χ1v) is 8.27. The highest BCUT2D eigenvalue weighted by atomic mass is 35.5. The van der Waals surface area contributed by atoms with Crippen molar-refractivity contribution < 1.29 is 4.79 Å². The van der Waals surface area contributed by atoms with Gasteiger partial charge in [-0.25, -0.2) is 4.98 Å². The maximum absolute atomic E-state index is 12.0. The zero-order chi connectivity index (χ0) is 16.4. The Balaban J connectivity index is 0.00000264. The number of hydrogen-bond donors (Lipinski definition) is 2. The molecule has 4 nitrogen and oxygen atoms in total. The third-order valence-electron chi connectivity index (χ3n) is 3.87. The monoisotopic (exact) mass is 353 g/mol. The Kier molecular flexibility index (Phi) is 6.74. The molecule has 126 valence electrons. The molecular formula is C17H24ClN3OS. The lowest BCUT2D eigenvalue weighted by Crippen LogP contribution is -2.39. The molecule has 1 unspecified atom stereocenters. The van der Waals surface area contributed by atoms with Crippen LogP contribution in [0.25, 0.3) is 11.3 Å². The molecule has 0 spiro atoms. The van der Waals surface area contributed by atoms with Crippen LogP contribution in [0.1, 0.15) is 30.5 Å². The summed E-state index contributed by atoms with van der Waals surface area (Å²) < 4.78 is 0. The number of nitrogens with two attached hydrogens (primary N) is 1. The van der Waals surface area contributed by atoms with E-state index < -0.39 is 6.04 Å². The van der Waals surface area contributed by atoms with Crippen molar-refractivity contribution in [3.8, 4) is 11.3 Å². The normalized spacial score (nSPS) is 12.0. The first-order chi connectivity index (χ1) is 10.3. The molecule has 0 saturated carbocycles. The smallest absolute Gasteiger partial charge is 0.243 e. The van der Waals surface area contributed by atoms with E-state index in [1.807, 2.05) is 19.2 Å². The number of rotatable bonds is 4. The van der Waals surface area contributed by atoms with Gasteiger partial charge in [0.15, 0.2) is 5.13 Å². The summed E-state index contributed by atoms with van der Waals surface area (Å²) in [7, 11) is 0. The second-order valence-corrected chi connectivity index (χ2v) is 6.91. The van der Waals surface area contributed by atoms with Crippen LogP contribution >= 0.6 is 23.7 Å². The molecule has 0 aliphatic carbocycles. The molecule has 0 radical (unpaired) electrons. The Morgan fingerprint density at radius 3 is 2.39 bits per heavy atom. The predicted octanol–water partition coefficient (Wildman–Crippen LogP) is 4.08. The third-order valence-corrected chi connectivity index (χ3v) is 4.63. The average molecular weight is 354 g/mol. The lowest BCUT2D eigenvalue weighted by Gasteiger charge is -2.13. The molecule has 1 aromatic heterocycles. The number of carbonyl (C=O) groups is 1. The van der Waals surface area contributed by atoms with Crippen molar-refractivity contribution in [3.05, 3.63) is 34.2 Å². The molecule has 23 heavy (non-hydrogen) atoms. The van der Waals surface area contributed by atoms with Crippen LogP contribution in [0.15, 0.2) is 17.5 Å². The Hall–Kier alpha value is -1.43. The van der Waals surface area contributed by atoms with Gasteiger partial charge in [0.25, 0.3) is 0 Å². The summed E-state index contributed by atoms with van der Waals surface area (Å²) in [6.07, 6.45) is 0. The lowest BCUT2D eigenvalue weighted by atomic mass is 9.99. The van der Waals surface area contributed by atoms with Crippen molar-refractivity contribution in [3.63, 3.8) is 0 Å². The van der Waals surface area contributed by atoms with Gasteiger partial charge in [0.2, 0.25) is 5.91 Å². The van der Waals surface area contributed by atoms with Crippen molar-refractivity contribution in [1.29, 1.82) is 0 Å². The molecule has 0 aliphatic heterocycles. The van der Waals surface area contributed by atoms with Crippen LogP contribution in [0, 0.1) is 26.7 Å². The van der Waals surface area contributed by atoms with E-state index in [1.165, 1.54) is 28.0 Å². The predicted molar refractivity (Wildman–Crippen MR) is 100 cm³/mol. The molecule has 6 heteroatoms. The highest BCUT2D eigenvalue weighted by Crippen LogP contribution is 2.29. The van der Waals surface area contributed by atoms with E-state index in [0.29, 0.717) is 5.13 Å². The maximum atomic E-state index is 12.0. The zero-order valence-corrected chi connectivity index (χ0v) is 15.8. The van der Waals surface area contributed by atoms with Crippen LogP contribution in [0.2, 0.25) is 0 Å². The molecule has 0 aliphatic rings. The van der Waals surface area contributed by atoms with Crippen LogP contribution in [0.3, 0.4) is 0 Å². The second-order valence-electron chi connectivity index (χ2n) is 6.05. The number of anilines is 1. The molecule has 2 rings (SSSR count). The molecule has 1 atom stereocenters. The summed E-state index contributed by atoms with van der Waals surface area (Å²) in [5.74, 6) is -0.0888. The maximum Gasteiger partial charge on any atom is 0.243 e. The molecule has 1 aromatic carbocycles. The Morgan fingerprint density at radius 1 is 1.17 bits per heavy atom. The van der Waals surface area contributed by atoms with Crippen LogP contribution in [0.4, 0.5) is 5.13 Å². The largest absolute Gasteiger partial charge is 0.320 e. The van der Waals surface area contributed by atoms with E-state index >= 15 is 0 Å². The van der Waals surface area contributed by atoms with Crippen molar-refractivity contribution >= 4 is 34.8 Å². The molecule has 2 aromatic rings. The van der Waals surface area contributed by atoms with Gasteiger partial charge in [0.05, 0.1) is 11.7 Å². The van der Waals surface area contributed by atoms with Crippen molar-refractivity contribution in [2.75, 3.05) is 5.32 Å². The first-order valence-electron chi connectivity index (χ1n) is 7.39. The van der Waals surface area contributed by atoms with Gasteiger partial charge in [0.1, 0.15) is 0 Å². The van der Waals surface area contributed by atoms with Crippen LogP contribution in [-0.2, 0) is 4.79 Å². The molecular weight excluding hydrogens is 330 g/mol. The molecule has 3 N–H and O–H groups in total. The number of aryl methyl sites for hydroxylation is 3. The lowest BCUT2D eigenvalue weighted by molar-refractivity contribution is -0.118. The van der Waals surface area contributed by atoms with E-state index in [2.05, 4.69) is 43.2 Å². The van der Waals surface area contributed by atoms with Crippen molar-refractivity contribution in [1.82, 2.24) is 4.98 Å². The van der Waals surface area contributed by atoms with E-state index in [1.54, 1.807) is 0 Å². The number of benzene rings is 1. The second kappa shape index (κ2) is 7.90. The van der Waals surface area contributed by atoms with E-state index in [0.717, 1.165) is 11.3 Å². The van der Waals surface area contributed by atoms with Crippen LogP contribution in [0.5, 0.6) is 0 Å². The van der Waals surface area contributed by atoms with Gasteiger partial charge in [-0.15, -0.1) is 23.7 Å². The van der Waals surface area contributed by atoms with Gasteiger partial charge >= 0.3 is 0 Å². The molecule has 0 fully saturated rings. The number of halogens is 1. The molecule has 0 bridgehead atoms. The minimum atomic E-state index is -0.518. The summed E-state index contributed by atoms with van der Waals surface area (Å²) >= 11 is 1.42. The summed E-state index contributed by atoms with van der Waals surface area (Å²) in [5, 5.41) is 5.36. The highest BCUT2D eigenvalue weighted by Gasteiger charge is 2.18. The summed E-state index contributed by atoms with van der Waals surface area (Å²) in [5.41, 5.74) is 11.5. The summed E-state index contributed by atoms with van der Waals surface area (Å²) in [4.78, 5) is 16.5. The summed E-state index contributed by atoms with van der Waals surface area (Å²) in [6.45, 7) is 10.1. The van der Waals surface area contributed by atoms with E-state index in [9.17, 15) is 4.79 Å². The number of aromatic nitrogens is 1. The van der Waals surface area contributed by atoms with Crippen LogP contribution < -0.4 is 11.1 Å². The highest BCUT2D eigenvalue weighted by molar-refractivity contribution is 7.14. The number of amides is 1. The first kappa shape index (κ1) is 19.6. The minimum absolute atomic E-state index is 0. The fourth-order valence-corrected chi connectivity index (χ4v) is 2.90. The fourth-order valence-electron chi connectivity index (χ4n) is 2.18. The number of hydrogen-bond acceptors (Lipinski definition) is 4. The minimum Gasteiger partial charge on any atom is -0.320 e. The Labute approximate surface area is 147 Å². The number of nitrogens with zero attached hydrogens (tertiary/aromatic N) is 1. The van der Waals surface area contributed by atoms with E-state index in [4.69, 9.17) is 5.73 Å². The van der Waals surface area contributed by atoms with Crippen LogP contribution in [-0.4, -0.2) is 16.9 Å². The van der Waals surface area contributed by atoms with Crippen molar-refractivity contribution in [2.45, 2.75) is 40.7 Å².